The van der Waals surface area contributed by atoms with E-state index >= 15 is 0 Å². The van der Waals surface area contributed by atoms with Gasteiger partial charge in [-0.05, 0) is 30.2 Å². The molecule has 8 heteroatoms. The largest absolute Gasteiger partial charge is 0.494 e. The topological polar surface area (TPSA) is 127 Å². The Morgan fingerprint density at radius 3 is 2.32 bits per heavy atom. The third-order valence-corrected chi connectivity index (χ3v) is 3.51. The molecule has 0 aliphatic rings. The fourth-order valence-corrected chi connectivity index (χ4v) is 2.43. The summed E-state index contributed by atoms with van der Waals surface area (Å²) in [6, 6.07) is 10.6. The highest BCUT2D eigenvalue weighted by Crippen LogP contribution is 2.33. The molecule has 0 unspecified atom stereocenters. The minimum atomic E-state index is -2.01. The molecule has 2 aromatic carbocycles. The van der Waals surface area contributed by atoms with Crippen molar-refractivity contribution in [2.24, 2.45) is 0 Å². The smallest absolute Gasteiger partial charge is 0.322 e. The van der Waals surface area contributed by atoms with Gasteiger partial charge in [-0.2, -0.15) is 0 Å². The van der Waals surface area contributed by atoms with Crippen LogP contribution in [0.4, 0.5) is 5.69 Å². The van der Waals surface area contributed by atoms with Gasteiger partial charge in [0.1, 0.15) is 5.75 Å². The first-order valence-corrected chi connectivity index (χ1v) is 7.32. The van der Waals surface area contributed by atoms with Gasteiger partial charge in [0.2, 0.25) is 0 Å². The number of carboxylic acids is 2. The van der Waals surface area contributed by atoms with E-state index in [2.05, 4.69) is 0 Å². The predicted molar refractivity (Wildman–Crippen MR) is 87.7 cm³/mol. The van der Waals surface area contributed by atoms with Crippen molar-refractivity contribution in [3.63, 3.8) is 0 Å². The van der Waals surface area contributed by atoms with Gasteiger partial charge in [0.05, 0.1) is 17.1 Å². The van der Waals surface area contributed by atoms with E-state index < -0.39 is 28.5 Å². The van der Waals surface area contributed by atoms with Gasteiger partial charge in [-0.25, -0.2) is 0 Å². The van der Waals surface area contributed by atoms with Crippen LogP contribution in [0.5, 0.6) is 5.75 Å². The number of nitro benzene ring substituents is 1. The molecule has 0 amide bonds. The number of rotatable bonds is 7. The molecule has 0 radical (unpaired) electrons. The number of nitro groups is 1. The van der Waals surface area contributed by atoms with Gasteiger partial charge in [0.25, 0.3) is 5.69 Å². The molecule has 2 aromatic rings. The van der Waals surface area contributed by atoms with E-state index in [9.17, 15) is 19.7 Å². The van der Waals surface area contributed by atoms with Crippen LogP contribution >= 0.6 is 0 Å². The summed E-state index contributed by atoms with van der Waals surface area (Å²) in [6.45, 7) is 2.28. The monoisotopic (exact) mass is 345 g/mol. The second kappa shape index (κ2) is 7.43. The summed E-state index contributed by atoms with van der Waals surface area (Å²) in [5, 5.41) is 29.4. The lowest BCUT2D eigenvalue weighted by molar-refractivity contribution is -0.385. The van der Waals surface area contributed by atoms with E-state index in [1.165, 1.54) is 12.1 Å². The SMILES string of the molecule is CCOc1cccc(-c2ccc(C(C(=O)O)C(=O)O)c([N+](=O)[O-])c2)c1. The van der Waals surface area contributed by atoms with E-state index in [0.717, 1.165) is 6.07 Å². The summed E-state index contributed by atoms with van der Waals surface area (Å²) in [6.07, 6.45) is 0. The fraction of sp³-hybridized carbons (Fsp3) is 0.176. The van der Waals surface area contributed by atoms with Crippen molar-refractivity contribution in [3.8, 4) is 16.9 Å². The zero-order valence-electron chi connectivity index (χ0n) is 13.2. The van der Waals surface area contributed by atoms with Crippen LogP contribution in [0.1, 0.15) is 18.4 Å². The molecule has 0 aliphatic carbocycles. The van der Waals surface area contributed by atoms with E-state index in [-0.39, 0.29) is 5.56 Å². The Balaban J connectivity index is 2.56. The van der Waals surface area contributed by atoms with Crippen molar-refractivity contribution in [2.75, 3.05) is 6.61 Å². The zero-order chi connectivity index (χ0) is 18.6. The Morgan fingerprint density at radius 2 is 1.76 bits per heavy atom. The first kappa shape index (κ1) is 17.9. The average molecular weight is 345 g/mol. The van der Waals surface area contributed by atoms with Crippen LogP contribution in [0.25, 0.3) is 11.1 Å². The minimum Gasteiger partial charge on any atom is -0.494 e. The summed E-state index contributed by atoms with van der Waals surface area (Å²) in [5.74, 6) is -4.76. The zero-order valence-corrected chi connectivity index (χ0v) is 13.2. The predicted octanol–water partition coefficient (Wildman–Crippen LogP) is 2.91. The summed E-state index contributed by atoms with van der Waals surface area (Å²) in [4.78, 5) is 32.9. The van der Waals surface area contributed by atoms with Gasteiger partial charge in [-0.15, -0.1) is 0 Å². The molecule has 25 heavy (non-hydrogen) atoms. The second-order valence-electron chi connectivity index (χ2n) is 5.10. The fourth-order valence-electron chi connectivity index (χ4n) is 2.43. The van der Waals surface area contributed by atoms with E-state index in [4.69, 9.17) is 14.9 Å². The molecule has 0 aliphatic heterocycles. The van der Waals surface area contributed by atoms with Gasteiger partial charge < -0.3 is 14.9 Å². The Bertz CT molecular complexity index is 817. The van der Waals surface area contributed by atoms with Crippen LogP contribution in [0.3, 0.4) is 0 Å². The molecule has 0 atom stereocenters. The minimum absolute atomic E-state index is 0.380. The van der Waals surface area contributed by atoms with Crippen molar-refractivity contribution in [2.45, 2.75) is 12.8 Å². The molecular weight excluding hydrogens is 330 g/mol. The Labute approximate surface area is 142 Å². The highest BCUT2D eigenvalue weighted by molar-refractivity contribution is 6.00. The Kier molecular flexibility index (Phi) is 5.33. The first-order chi connectivity index (χ1) is 11.8. The highest BCUT2D eigenvalue weighted by Gasteiger charge is 2.34. The maximum atomic E-state index is 11.3. The van der Waals surface area contributed by atoms with Crippen LogP contribution in [0.2, 0.25) is 0 Å². The summed E-state index contributed by atoms with van der Waals surface area (Å²) < 4.78 is 5.38. The number of hydrogen-bond acceptors (Lipinski definition) is 5. The molecule has 0 spiro atoms. The summed E-state index contributed by atoms with van der Waals surface area (Å²) in [7, 11) is 0. The van der Waals surface area contributed by atoms with Crippen LogP contribution in [0, 0.1) is 10.1 Å². The number of carboxylic acid groups (broad SMARTS) is 2. The highest BCUT2D eigenvalue weighted by atomic mass is 16.6. The molecule has 8 nitrogen and oxygen atoms in total. The van der Waals surface area contributed by atoms with Gasteiger partial charge in [-0.3, -0.25) is 19.7 Å². The van der Waals surface area contributed by atoms with Gasteiger partial charge in [-0.1, -0.05) is 24.3 Å². The molecule has 2 rings (SSSR count). The van der Waals surface area contributed by atoms with Crippen LogP contribution in [0.15, 0.2) is 42.5 Å². The number of benzene rings is 2. The Hall–Kier alpha value is -3.42. The number of aliphatic carboxylic acids is 2. The maximum absolute atomic E-state index is 11.3. The lowest BCUT2D eigenvalue weighted by Crippen LogP contribution is -2.22. The molecule has 2 N–H and O–H groups in total. The standard InChI is InChI=1S/C17H15NO7/c1-2-25-12-5-3-4-10(8-12)11-6-7-13(14(9-11)18(23)24)15(16(19)20)17(21)22/h3-9,15H,2H2,1H3,(H,19,20)(H,21,22). The van der Waals surface area contributed by atoms with Gasteiger partial charge in [0.15, 0.2) is 5.92 Å². The van der Waals surface area contributed by atoms with Crippen molar-refractivity contribution < 1.29 is 29.5 Å². The Morgan fingerprint density at radius 1 is 1.12 bits per heavy atom. The van der Waals surface area contributed by atoms with Crippen molar-refractivity contribution in [3.05, 3.63) is 58.1 Å². The quantitative estimate of drug-likeness (QED) is 0.448. The molecule has 0 bridgehead atoms. The number of nitrogens with zero attached hydrogens (tertiary/aromatic N) is 1. The lowest BCUT2D eigenvalue weighted by atomic mass is 9.94. The number of carbonyl (C=O) groups is 2. The molecule has 0 fully saturated rings. The molecule has 130 valence electrons. The third-order valence-electron chi connectivity index (χ3n) is 3.51. The first-order valence-electron chi connectivity index (χ1n) is 7.32. The molecule has 0 saturated carbocycles. The van der Waals surface area contributed by atoms with Gasteiger partial charge in [0, 0.05) is 6.07 Å². The summed E-state index contributed by atoms with van der Waals surface area (Å²) in [5.41, 5.74) is 0.137. The van der Waals surface area contributed by atoms with Crippen molar-refractivity contribution >= 4 is 17.6 Å². The van der Waals surface area contributed by atoms with Crippen LogP contribution in [-0.2, 0) is 9.59 Å². The van der Waals surface area contributed by atoms with E-state index in [0.29, 0.717) is 23.5 Å². The molecular formula is C17H15NO7. The molecule has 0 saturated heterocycles. The molecule has 0 aromatic heterocycles. The van der Waals surface area contributed by atoms with E-state index in [1.807, 2.05) is 6.92 Å². The van der Waals surface area contributed by atoms with Crippen LogP contribution < -0.4 is 4.74 Å². The van der Waals surface area contributed by atoms with E-state index in [1.54, 1.807) is 24.3 Å². The maximum Gasteiger partial charge on any atom is 0.322 e. The molecule has 0 heterocycles. The van der Waals surface area contributed by atoms with Gasteiger partial charge >= 0.3 is 11.9 Å². The third kappa shape index (κ3) is 3.92. The number of hydrogen-bond donors (Lipinski definition) is 2. The lowest BCUT2D eigenvalue weighted by Gasteiger charge is -2.11. The second-order valence-corrected chi connectivity index (χ2v) is 5.10. The van der Waals surface area contributed by atoms with Crippen LogP contribution in [-0.4, -0.2) is 33.7 Å². The van der Waals surface area contributed by atoms with Crippen molar-refractivity contribution in [1.29, 1.82) is 0 Å². The normalized spacial score (nSPS) is 10.5. The average Bonchev–Trinajstić information content (AvgIpc) is 2.55. The van der Waals surface area contributed by atoms with Crippen molar-refractivity contribution in [1.82, 2.24) is 0 Å². The summed E-state index contributed by atoms with van der Waals surface area (Å²) >= 11 is 0. The number of ether oxygens (including phenoxy) is 1.